The maximum Gasteiger partial charge on any atom is 0.226 e. The number of hydrogen-bond donors (Lipinski definition) is 3. The Bertz CT molecular complexity index is 1240. The molecule has 1 saturated heterocycles. The smallest absolute Gasteiger partial charge is 0.226 e. The van der Waals surface area contributed by atoms with Crippen molar-refractivity contribution in [1.82, 2.24) is 20.2 Å². The Labute approximate surface area is 255 Å². The van der Waals surface area contributed by atoms with Crippen LogP contribution in [0.3, 0.4) is 0 Å². The minimum atomic E-state index is -0.667. The fraction of sp³-hybridized carbons (Fsp3) is 0.562. The zero-order valence-electron chi connectivity index (χ0n) is 26.0. The molecule has 43 heavy (non-hydrogen) atoms. The summed E-state index contributed by atoms with van der Waals surface area (Å²) >= 11 is 0. The molecule has 234 valence electrons. The van der Waals surface area contributed by atoms with Gasteiger partial charge in [-0.05, 0) is 65.6 Å². The summed E-state index contributed by atoms with van der Waals surface area (Å²) in [5.74, 6) is -0.435. The summed E-state index contributed by atoms with van der Waals surface area (Å²) in [5.41, 5.74) is 13.4. The monoisotopic (exact) mass is 593 g/mol. The van der Waals surface area contributed by atoms with E-state index in [1.54, 1.807) is 6.07 Å². The van der Waals surface area contributed by atoms with Crippen molar-refractivity contribution in [3.63, 3.8) is 0 Å². The SMILES string of the molecule is C#C.CCC/C(C(=O)C1CCCCC1=O)=C(/N)c1nc(/N=C/C=C(\N)CC(=O)NC(C)C)cc(OC[C@@H]2CCCN2C)n1. The molecule has 1 unspecified atom stereocenters. The van der Waals surface area contributed by atoms with E-state index in [1.807, 2.05) is 20.8 Å². The largest absolute Gasteiger partial charge is 0.476 e. The molecule has 3 rings (SSSR count). The summed E-state index contributed by atoms with van der Waals surface area (Å²) in [6.07, 6.45) is 16.9. The molecule has 1 aliphatic carbocycles. The van der Waals surface area contributed by atoms with Gasteiger partial charge in [-0.3, -0.25) is 14.4 Å². The van der Waals surface area contributed by atoms with Crippen LogP contribution in [-0.2, 0) is 14.4 Å². The first-order chi connectivity index (χ1) is 20.6. The van der Waals surface area contributed by atoms with Crippen molar-refractivity contribution in [3.8, 4) is 18.7 Å². The van der Waals surface area contributed by atoms with Gasteiger partial charge in [0.2, 0.25) is 11.8 Å². The van der Waals surface area contributed by atoms with Gasteiger partial charge in [0.25, 0.3) is 0 Å². The number of carbonyl (C=O) groups excluding carboxylic acids is 3. The van der Waals surface area contributed by atoms with E-state index in [2.05, 4.69) is 45.1 Å². The highest BCUT2D eigenvalue weighted by atomic mass is 16.5. The first-order valence-electron chi connectivity index (χ1n) is 15.0. The second kappa shape index (κ2) is 17.8. The van der Waals surface area contributed by atoms with Crippen LogP contribution in [0.1, 0.15) is 84.4 Å². The number of aromatic nitrogens is 2. The van der Waals surface area contributed by atoms with Gasteiger partial charge in [-0.1, -0.05) is 19.8 Å². The number of ether oxygens (including phenoxy) is 1. The van der Waals surface area contributed by atoms with Crippen molar-refractivity contribution in [1.29, 1.82) is 0 Å². The Balaban J connectivity index is 0.00000316. The maximum atomic E-state index is 13.5. The summed E-state index contributed by atoms with van der Waals surface area (Å²) < 4.78 is 6.07. The summed E-state index contributed by atoms with van der Waals surface area (Å²) in [5, 5.41) is 2.79. The van der Waals surface area contributed by atoms with Crippen molar-refractivity contribution in [2.45, 2.75) is 90.6 Å². The second-order valence-electron chi connectivity index (χ2n) is 11.2. The minimum Gasteiger partial charge on any atom is -0.476 e. The molecule has 0 bridgehead atoms. The van der Waals surface area contributed by atoms with Gasteiger partial charge >= 0.3 is 0 Å². The number of hydrogen-bond acceptors (Lipinski definition) is 10. The lowest BCUT2D eigenvalue weighted by molar-refractivity contribution is -0.132. The number of Topliss-reactive ketones (excluding diaryl/α,β-unsaturated/α-hetero) is 2. The van der Waals surface area contributed by atoms with Gasteiger partial charge in [0.05, 0.1) is 18.0 Å². The third-order valence-electron chi connectivity index (χ3n) is 7.33. The minimum absolute atomic E-state index is 0.0186. The number of likely N-dealkylation sites (N-methyl/N-ethyl adjacent to an activating group) is 1. The standard InChI is InChI=1S/C30H45N7O4.C2H2/c1-5-9-23(29(40)22-11-6-7-12-24(22)38)28(32)30-35-25(33-14-13-20(31)16-26(39)34-19(2)3)17-27(36-30)41-18-21-10-8-15-37(21)4;1-2/h13-14,17,19,21-22H,5-12,15-16,18,31-32H2,1-4H3,(H,34,39);1-2H/b20-13-,28-23-,33-14+;/t21-,22?;/m0./s1. The molecule has 2 aliphatic rings. The van der Waals surface area contributed by atoms with Crippen LogP contribution in [0, 0.1) is 18.8 Å². The molecule has 5 N–H and O–H groups in total. The number of nitrogens with zero attached hydrogens (tertiary/aromatic N) is 4. The van der Waals surface area contributed by atoms with E-state index in [4.69, 9.17) is 16.2 Å². The van der Waals surface area contributed by atoms with Gasteiger partial charge in [-0.15, -0.1) is 12.8 Å². The zero-order valence-corrected chi connectivity index (χ0v) is 26.0. The molecule has 2 fully saturated rings. The number of terminal acetylenes is 1. The molecule has 0 aromatic carbocycles. The Morgan fingerprint density at radius 3 is 2.58 bits per heavy atom. The van der Waals surface area contributed by atoms with E-state index in [-0.39, 0.29) is 59.2 Å². The van der Waals surface area contributed by atoms with Crippen LogP contribution in [0.15, 0.2) is 28.4 Å². The fourth-order valence-electron chi connectivity index (χ4n) is 5.12. The highest BCUT2D eigenvalue weighted by molar-refractivity contribution is 6.13. The zero-order chi connectivity index (χ0) is 31.9. The Kier molecular flexibility index (Phi) is 14.6. The van der Waals surface area contributed by atoms with Crippen LogP contribution in [0.25, 0.3) is 5.70 Å². The molecule has 0 radical (unpaired) electrons. The molecule has 2 atom stereocenters. The average Bonchev–Trinajstić information content (AvgIpc) is 3.39. The highest BCUT2D eigenvalue weighted by Crippen LogP contribution is 2.29. The predicted molar refractivity (Wildman–Crippen MR) is 169 cm³/mol. The second-order valence-corrected chi connectivity index (χ2v) is 11.2. The molecular weight excluding hydrogens is 546 g/mol. The lowest BCUT2D eigenvalue weighted by Gasteiger charge is -2.21. The molecule has 1 aromatic rings. The van der Waals surface area contributed by atoms with Crippen LogP contribution in [0.4, 0.5) is 5.82 Å². The first kappa shape index (κ1) is 35.2. The van der Waals surface area contributed by atoms with E-state index in [9.17, 15) is 14.4 Å². The van der Waals surface area contributed by atoms with Crippen LogP contribution < -0.4 is 21.5 Å². The predicted octanol–water partition coefficient (Wildman–Crippen LogP) is 3.46. The number of likely N-dealkylation sites (tertiary alicyclic amines) is 1. The van der Waals surface area contributed by atoms with E-state index < -0.39 is 5.92 Å². The topological polar surface area (TPSA) is 166 Å². The summed E-state index contributed by atoms with van der Waals surface area (Å²) in [4.78, 5) is 53.7. The van der Waals surface area contributed by atoms with Crippen molar-refractivity contribution in [2.75, 3.05) is 20.2 Å². The van der Waals surface area contributed by atoms with E-state index in [1.165, 1.54) is 12.3 Å². The van der Waals surface area contributed by atoms with Crippen molar-refractivity contribution < 1.29 is 19.1 Å². The van der Waals surface area contributed by atoms with Crippen LogP contribution in [0.2, 0.25) is 0 Å². The molecule has 1 aliphatic heterocycles. The normalized spacial score (nSPS) is 20.0. The number of rotatable bonds is 13. The van der Waals surface area contributed by atoms with Crippen molar-refractivity contribution in [2.24, 2.45) is 22.4 Å². The lowest BCUT2D eigenvalue weighted by atomic mass is 9.81. The van der Waals surface area contributed by atoms with Crippen molar-refractivity contribution >= 4 is 35.2 Å². The Morgan fingerprint density at radius 2 is 1.95 bits per heavy atom. The number of carbonyl (C=O) groups is 3. The van der Waals surface area contributed by atoms with Crippen molar-refractivity contribution in [3.05, 3.63) is 29.2 Å². The molecule has 1 aromatic heterocycles. The third-order valence-corrected chi connectivity index (χ3v) is 7.33. The quantitative estimate of drug-likeness (QED) is 0.134. The molecule has 0 spiro atoms. The van der Waals surface area contributed by atoms with Crippen LogP contribution in [0.5, 0.6) is 5.88 Å². The number of allylic oxidation sites excluding steroid dienone is 2. The summed E-state index contributed by atoms with van der Waals surface area (Å²) in [7, 11) is 2.07. The van der Waals surface area contributed by atoms with E-state index in [0.29, 0.717) is 43.6 Å². The molecule has 11 nitrogen and oxygen atoms in total. The fourth-order valence-corrected chi connectivity index (χ4v) is 5.12. The van der Waals surface area contributed by atoms with E-state index >= 15 is 0 Å². The number of nitrogens with one attached hydrogen (secondary N) is 1. The third kappa shape index (κ3) is 10.9. The Hall–Kier alpha value is -4.04. The molecule has 2 heterocycles. The highest BCUT2D eigenvalue weighted by Gasteiger charge is 2.32. The first-order valence-corrected chi connectivity index (χ1v) is 15.0. The Morgan fingerprint density at radius 1 is 1.21 bits per heavy atom. The molecule has 1 amide bonds. The van der Waals surface area contributed by atoms with Gasteiger partial charge in [0.1, 0.15) is 12.4 Å². The van der Waals surface area contributed by atoms with Gasteiger partial charge in [0.15, 0.2) is 17.4 Å². The lowest BCUT2D eigenvalue weighted by Crippen LogP contribution is -2.31. The number of amides is 1. The van der Waals surface area contributed by atoms with Gasteiger partial charge in [-0.25, -0.2) is 9.98 Å². The number of aliphatic imine (C=N–C) groups is 1. The van der Waals surface area contributed by atoms with Gasteiger partial charge in [0, 0.05) is 42.1 Å². The van der Waals surface area contributed by atoms with Gasteiger partial charge in [-0.2, -0.15) is 4.98 Å². The van der Waals surface area contributed by atoms with Crippen LogP contribution >= 0.6 is 0 Å². The van der Waals surface area contributed by atoms with E-state index in [0.717, 1.165) is 32.2 Å². The van der Waals surface area contributed by atoms with Gasteiger partial charge < -0.3 is 26.4 Å². The summed E-state index contributed by atoms with van der Waals surface area (Å²) in [6.45, 7) is 7.16. The molecular formula is C32H47N7O4. The molecule has 11 heteroatoms. The summed E-state index contributed by atoms with van der Waals surface area (Å²) in [6, 6.07) is 1.89. The molecule has 1 saturated carbocycles. The van der Waals surface area contributed by atoms with Crippen LogP contribution in [-0.4, -0.2) is 70.8 Å². The number of ketones is 2. The maximum absolute atomic E-state index is 13.5. The number of nitrogens with two attached hydrogens (primary N) is 2. The average molecular weight is 594 g/mol.